The maximum Gasteiger partial charge on any atom is 0.232 e. The Morgan fingerprint density at radius 2 is 1.96 bits per heavy atom. The van der Waals surface area contributed by atoms with E-state index in [4.69, 9.17) is 9.47 Å². The third-order valence-corrected chi connectivity index (χ3v) is 4.98. The molecule has 0 atom stereocenters. The van der Waals surface area contributed by atoms with Crippen LogP contribution in [-0.2, 0) is 6.61 Å². The first-order valence-electron chi connectivity index (χ1n) is 8.10. The summed E-state index contributed by atoms with van der Waals surface area (Å²) in [4.78, 5) is 13.5. The molecule has 3 nitrogen and oxygen atoms in total. The van der Waals surface area contributed by atoms with Crippen molar-refractivity contribution in [3.8, 4) is 11.5 Å². The van der Waals surface area contributed by atoms with E-state index in [0.29, 0.717) is 29.4 Å². The van der Waals surface area contributed by atoms with Crippen LogP contribution < -0.4 is 9.47 Å². The lowest BCUT2D eigenvalue weighted by Gasteiger charge is -2.11. The first-order chi connectivity index (χ1) is 12.6. The van der Waals surface area contributed by atoms with E-state index in [1.807, 2.05) is 24.4 Å². The summed E-state index contributed by atoms with van der Waals surface area (Å²) in [5.74, 6) is 1.09. The molecule has 5 heteroatoms. The van der Waals surface area contributed by atoms with Gasteiger partial charge in [0.05, 0.1) is 5.56 Å². The number of ether oxygens (including phenoxy) is 2. The number of allylic oxidation sites excluding steroid dienone is 1. The first-order valence-corrected chi connectivity index (χ1v) is 8.98. The molecule has 26 heavy (non-hydrogen) atoms. The van der Waals surface area contributed by atoms with Crippen LogP contribution in [0.3, 0.4) is 0 Å². The van der Waals surface area contributed by atoms with E-state index in [9.17, 15) is 9.18 Å². The molecule has 0 aliphatic carbocycles. The monoisotopic (exact) mass is 366 g/mol. The molecule has 1 aliphatic rings. The lowest BCUT2D eigenvalue weighted by Crippen LogP contribution is -1.98. The number of fused-ring (bicyclic) bond motifs is 1. The molecule has 3 aromatic rings. The van der Waals surface area contributed by atoms with Crippen molar-refractivity contribution in [3.05, 3.63) is 87.1 Å². The summed E-state index contributed by atoms with van der Waals surface area (Å²) in [6.07, 6.45) is 1.76. The predicted molar refractivity (Wildman–Crippen MR) is 99.2 cm³/mol. The van der Waals surface area contributed by atoms with Gasteiger partial charge in [0.1, 0.15) is 23.9 Å². The van der Waals surface area contributed by atoms with Crippen LogP contribution in [0.25, 0.3) is 6.08 Å². The Labute approximate surface area is 154 Å². The minimum Gasteiger partial charge on any atom is -0.488 e. The number of carbonyl (C=O) groups excluding carboxylic acids is 1. The number of hydrogen-bond acceptors (Lipinski definition) is 4. The maximum absolute atomic E-state index is 13.0. The fraction of sp³-hybridized carbons (Fsp3) is 0.0952. The third-order valence-electron chi connectivity index (χ3n) is 4.16. The summed E-state index contributed by atoms with van der Waals surface area (Å²) in [7, 11) is 0. The number of Topliss-reactive ketones (excluding diaryl/α,β-unsaturated/α-hetero) is 1. The van der Waals surface area contributed by atoms with Gasteiger partial charge in [0, 0.05) is 16.5 Å². The van der Waals surface area contributed by atoms with Crippen LogP contribution in [0.2, 0.25) is 0 Å². The van der Waals surface area contributed by atoms with Crippen molar-refractivity contribution in [3.63, 3.8) is 0 Å². The van der Waals surface area contributed by atoms with Crippen molar-refractivity contribution in [2.75, 3.05) is 0 Å². The molecule has 2 heterocycles. The molecule has 2 aromatic carbocycles. The topological polar surface area (TPSA) is 35.5 Å². The van der Waals surface area contributed by atoms with Crippen molar-refractivity contribution < 1.29 is 18.7 Å². The van der Waals surface area contributed by atoms with Gasteiger partial charge in [0.15, 0.2) is 5.76 Å². The second-order valence-corrected chi connectivity index (χ2v) is 6.91. The lowest BCUT2D eigenvalue weighted by atomic mass is 10.1. The van der Waals surface area contributed by atoms with Gasteiger partial charge in [-0.2, -0.15) is 0 Å². The zero-order valence-corrected chi connectivity index (χ0v) is 14.8. The number of ketones is 1. The highest BCUT2D eigenvalue weighted by atomic mass is 32.1. The molecule has 0 amide bonds. The molecule has 1 aliphatic heterocycles. The summed E-state index contributed by atoms with van der Waals surface area (Å²) in [5, 5.41) is 1.95. The Morgan fingerprint density at radius 1 is 1.15 bits per heavy atom. The Balaban J connectivity index is 1.56. The quantitative estimate of drug-likeness (QED) is 0.581. The van der Waals surface area contributed by atoms with Crippen molar-refractivity contribution in [2.24, 2.45) is 0 Å². The van der Waals surface area contributed by atoms with E-state index in [0.717, 1.165) is 16.0 Å². The molecular weight excluding hydrogens is 351 g/mol. The summed E-state index contributed by atoms with van der Waals surface area (Å²) in [6.45, 7) is 2.17. The van der Waals surface area contributed by atoms with Gasteiger partial charge in [-0.1, -0.05) is 18.2 Å². The van der Waals surface area contributed by atoms with E-state index in [1.165, 1.54) is 12.1 Å². The highest BCUT2D eigenvalue weighted by Crippen LogP contribution is 2.39. The van der Waals surface area contributed by atoms with E-state index in [1.54, 1.807) is 41.7 Å². The zero-order valence-electron chi connectivity index (χ0n) is 14.0. The SMILES string of the molecule is Cc1c(OCc2ccc(F)cc2)ccc2c1O/C(=C\c1cccs1)C2=O. The third kappa shape index (κ3) is 3.13. The smallest absolute Gasteiger partial charge is 0.232 e. The zero-order chi connectivity index (χ0) is 18.1. The summed E-state index contributed by atoms with van der Waals surface area (Å²) >= 11 is 1.54. The van der Waals surface area contributed by atoms with Crippen LogP contribution in [0.5, 0.6) is 11.5 Å². The van der Waals surface area contributed by atoms with E-state index < -0.39 is 0 Å². The molecule has 0 bridgehead atoms. The van der Waals surface area contributed by atoms with Crippen LogP contribution in [0, 0.1) is 12.7 Å². The molecule has 130 valence electrons. The predicted octanol–water partition coefficient (Wildman–Crippen LogP) is 5.39. The van der Waals surface area contributed by atoms with Gasteiger partial charge < -0.3 is 9.47 Å². The van der Waals surface area contributed by atoms with E-state index >= 15 is 0 Å². The molecule has 1 aromatic heterocycles. The van der Waals surface area contributed by atoms with Gasteiger partial charge in [-0.05, 0) is 48.2 Å². The standard InChI is InChI=1S/C21H15FO3S/c1-13-18(24-12-14-4-6-15(22)7-5-14)9-8-17-20(23)19(25-21(13)17)11-16-3-2-10-26-16/h2-11H,12H2,1H3/b19-11-. The highest BCUT2D eigenvalue weighted by Gasteiger charge is 2.30. The average Bonchev–Trinajstić information content (AvgIpc) is 3.26. The van der Waals surface area contributed by atoms with E-state index in [2.05, 4.69) is 0 Å². The fourth-order valence-electron chi connectivity index (χ4n) is 2.77. The second-order valence-electron chi connectivity index (χ2n) is 5.94. The van der Waals surface area contributed by atoms with Gasteiger partial charge in [-0.3, -0.25) is 4.79 Å². The van der Waals surface area contributed by atoms with Crippen LogP contribution in [0.15, 0.2) is 59.7 Å². The van der Waals surface area contributed by atoms with Gasteiger partial charge in [0.2, 0.25) is 5.78 Å². The molecular formula is C21H15FO3S. The summed E-state index contributed by atoms with van der Waals surface area (Å²) in [6, 6.07) is 13.5. The van der Waals surface area contributed by atoms with Crippen LogP contribution >= 0.6 is 11.3 Å². The molecule has 0 spiro atoms. The molecule has 4 rings (SSSR count). The van der Waals surface area contributed by atoms with Gasteiger partial charge in [0.25, 0.3) is 0 Å². The van der Waals surface area contributed by atoms with Crippen molar-refractivity contribution in [2.45, 2.75) is 13.5 Å². The number of hydrogen-bond donors (Lipinski definition) is 0. The minimum absolute atomic E-state index is 0.124. The number of carbonyl (C=O) groups is 1. The lowest BCUT2D eigenvalue weighted by molar-refractivity contribution is 0.101. The average molecular weight is 366 g/mol. The molecule has 0 N–H and O–H groups in total. The van der Waals surface area contributed by atoms with Gasteiger partial charge in [-0.15, -0.1) is 11.3 Å². The Morgan fingerprint density at radius 3 is 2.69 bits per heavy atom. The van der Waals surface area contributed by atoms with Gasteiger partial charge in [-0.25, -0.2) is 4.39 Å². The molecule has 0 saturated heterocycles. The maximum atomic E-state index is 13.0. The van der Waals surface area contributed by atoms with Gasteiger partial charge >= 0.3 is 0 Å². The largest absolute Gasteiger partial charge is 0.488 e. The van der Waals surface area contributed by atoms with E-state index in [-0.39, 0.29) is 11.6 Å². The number of rotatable bonds is 4. The number of halogens is 1. The molecule has 0 fully saturated rings. The Bertz CT molecular complexity index is 989. The minimum atomic E-state index is -0.278. The number of thiophene rings is 1. The number of benzene rings is 2. The summed E-state index contributed by atoms with van der Waals surface area (Å²) in [5.41, 5.74) is 2.17. The molecule has 0 radical (unpaired) electrons. The van der Waals surface area contributed by atoms with Crippen LogP contribution in [0.4, 0.5) is 4.39 Å². The van der Waals surface area contributed by atoms with Crippen molar-refractivity contribution >= 4 is 23.2 Å². The van der Waals surface area contributed by atoms with Crippen molar-refractivity contribution in [1.82, 2.24) is 0 Å². The summed E-state index contributed by atoms with van der Waals surface area (Å²) < 4.78 is 24.6. The molecule has 0 saturated carbocycles. The fourth-order valence-corrected chi connectivity index (χ4v) is 3.42. The normalized spacial score (nSPS) is 14.4. The highest BCUT2D eigenvalue weighted by molar-refractivity contribution is 7.10. The van der Waals surface area contributed by atoms with Crippen LogP contribution in [0.1, 0.15) is 26.4 Å². The Hall–Kier alpha value is -2.92. The Kier molecular flexibility index (Phi) is 4.31. The molecule has 0 unspecified atom stereocenters. The van der Waals surface area contributed by atoms with Crippen LogP contribution in [-0.4, -0.2) is 5.78 Å². The van der Waals surface area contributed by atoms with Crippen molar-refractivity contribution in [1.29, 1.82) is 0 Å². The second kappa shape index (κ2) is 6.77. The first kappa shape index (κ1) is 16.5.